The maximum atomic E-state index is 9.56. The third-order valence-corrected chi connectivity index (χ3v) is 2.24. The van der Waals surface area contributed by atoms with Crippen molar-refractivity contribution in [3.8, 4) is 0 Å². The van der Waals surface area contributed by atoms with Gasteiger partial charge >= 0.3 is 0 Å². The quantitative estimate of drug-likeness (QED) is 0.667. The molecule has 1 aromatic rings. The molecule has 1 aromatic heterocycles. The van der Waals surface area contributed by atoms with E-state index in [0.717, 1.165) is 18.5 Å². The number of unbranched alkanes of at least 4 members (excludes halogenated alkanes) is 1. The van der Waals surface area contributed by atoms with Gasteiger partial charge in [-0.2, -0.15) is 0 Å². The van der Waals surface area contributed by atoms with Gasteiger partial charge in [0.2, 0.25) is 0 Å². The monoisotopic (exact) mass is 239 g/mol. The van der Waals surface area contributed by atoms with Crippen LogP contribution in [-0.4, -0.2) is 36.0 Å². The lowest BCUT2D eigenvalue weighted by Crippen LogP contribution is -2.22. The Bertz CT molecular complexity index is 279. The van der Waals surface area contributed by atoms with Crippen molar-refractivity contribution in [3.63, 3.8) is 0 Å². The molecule has 0 radical (unpaired) electrons. The fraction of sp³-hybridized carbons (Fsp3) is 0.615. The summed E-state index contributed by atoms with van der Waals surface area (Å²) in [6, 6.07) is 5.67. The van der Waals surface area contributed by atoms with Gasteiger partial charge in [0.05, 0.1) is 25.5 Å². The highest BCUT2D eigenvalue weighted by Gasteiger charge is 2.04. The van der Waals surface area contributed by atoms with Gasteiger partial charge in [0.25, 0.3) is 0 Å². The second kappa shape index (κ2) is 9.10. The summed E-state index contributed by atoms with van der Waals surface area (Å²) < 4.78 is 10.6. The summed E-state index contributed by atoms with van der Waals surface area (Å²) in [5, 5.41) is 9.56. The summed E-state index contributed by atoms with van der Waals surface area (Å²) in [6.07, 6.45) is 3.30. The van der Waals surface area contributed by atoms with Crippen molar-refractivity contribution in [1.82, 2.24) is 4.98 Å². The second-order valence-corrected chi connectivity index (χ2v) is 3.92. The lowest BCUT2D eigenvalue weighted by Gasteiger charge is -2.11. The molecular formula is C13H21NO3. The van der Waals surface area contributed by atoms with Crippen molar-refractivity contribution in [2.75, 3.05) is 19.8 Å². The van der Waals surface area contributed by atoms with Gasteiger partial charge in [0, 0.05) is 12.8 Å². The highest BCUT2D eigenvalue weighted by atomic mass is 16.5. The summed E-state index contributed by atoms with van der Waals surface area (Å²) in [6.45, 7) is 3.85. The minimum atomic E-state index is -0.560. The molecular weight excluding hydrogens is 218 g/mol. The first-order valence-electron chi connectivity index (χ1n) is 6.06. The summed E-state index contributed by atoms with van der Waals surface area (Å²) in [5.41, 5.74) is 0.867. The van der Waals surface area contributed by atoms with Gasteiger partial charge < -0.3 is 14.6 Å². The molecule has 0 aliphatic carbocycles. The van der Waals surface area contributed by atoms with Crippen LogP contribution in [0.25, 0.3) is 0 Å². The van der Waals surface area contributed by atoms with E-state index >= 15 is 0 Å². The van der Waals surface area contributed by atoms with Gasteiger partial charge in [-0.1, -0.05) is 19.4 Å². The minimum Gasteiger partial charge on any atom is -0.388 e. The standard InChI is InChI=1S/C13H21NO3/c1-2-3-8-16-10-13(15)11-17-9-12-6-4-5-7-14-12/h4-7,13,15H,2-3,8-11H2,1H3. The third kappa shape index (κ3) is 7.05. The highest BCUT2D eigenvalue weighted by Crippen LogP contribution is 1.98. The Balaban J connectivity index is 2.02. The molecule has 0 bridgehead atoms. The smallest absolute Gasteiger partial charge is 0.101 e. The predicted molar refractivity (Wildman–Crippen MR) is 65.6 cm³/mol. The first-order chi connectivity index (χ1) is 8.33. The normalized spacial score (nSPS) is 12.6. The maximum Gasteiger partial charge on any atom is 0.101 e. The Hall–Kier alpha value is -0.970. The molecule has 96 valence electrons. The number of aromatic nitrogens is 1. The molecule has 1 heterocycles. The Morgan fingerprint density at radius 1 is 1.29 bits per heavy atom. The van der Waals surface area contributed by atoms with Crippen LogP contribution >= 0.6 is 0 Å². The van der Waals surface area contributed by atoms with Crippen LogP contribution in [-0.2, 0) is 16.1 Å². The van der Waals surface area contributed by atoms with Crippen molar-refractivity contribution in [2.45, 2.75) is 32.5 Å². The van der Waals surface area contributed by atoms with Crippen LogP contribution in [0.2, 0.25) is 0 Å². The van der Waals surface area contributed by atoms with Crippen molar-refractivity contribution in [1.29, 1.82) is 0 Å². The molecule has 0 amide bonds. The van der Waals surface area contributed by atoms with E-state index in [1.165, 1.54) is 0 Å². The summed E-state index contributed by atoms with van der Waals surface area (Å²) >= 11 is 0. The Kier molecular flexibility index (Phi) is 7.54. The molecule has 0 saturated heterocycles. The lowest BCUT2D eigenvalue weighted by molar-refractivity contribution is -0.0243. The molecule has 17 heavy (non-hydrogen) atoms. The zero-order valence-electron chi connectivity index (χ0n) is 10.3. The number of hydrogen-bond acceptors (Lipinski definition) is 4. The molecule has 0 aromatic carbocycles. The van der Waals surface area contributed by atoms with E-state index in [1.54, 1.807) is 6.20 Å². The zero-order valence-corrected chi connectivity index (χ0v) is 10.3. The van der Waals surface area contributed by atoms with E-state index < -0.39 is 6.10 Å². The average molecular weight is 239 g/mol. The number of aliphatic hydroxyl groups is 1. The summed E-state index contributed by atoms with van der Waals surface area (Å²) in [5.74, 6) is 0. The van der Waals surface area contributed by atoms with Crippen LogP contribution in [0.5, 0.6) is 0 Å². The molecule has 0 fully saturated rings. The van der Waals surface area contributed by atoms with E-state index in [0.29, 0.717) is 19.8 Å². The lowest BCUT2D eigenvalue weighted by atomic mass is 10.3. The van der Waals surface area contributed by atoms with Crippen molar-refractivity contribution in [2.24, 2.45) is 0 Å². The van der Waals surface area contributed by atoms with Crippen LogP contribution in [0.15, 0.2) is 24.4 Å². The average Bonchev–Trinajstić information content (AvgIpc) is 2.36. The Morgan fingerprint density at radius 2 is 2.12 bits per heavy atom. The van der Waals surface area contributed by atoms with E-state index in [2.05, 4.69) is 11.9 Å². The van der Waals surface area contributed by atoms with Gasteiger partial charge in [0.1, 0.15) is 6.10 Å². The van der Waals surface area contributed by atoms with Crippen LogP contribution in [0.3, 0.4) is 0 Å². The van der Waals surface area contributed by atoms with Gasteiger partial charge in [-0.05, 0) is 18.6 Å². The topological polar surface area (TPSA) is 51.6 Å². The molecule has 4 nitrogen and oxygen atoms in total. The largest absolute Gasteiger partial charge is 0.388 e. The third-order valence-electron chi connectivity index (χ3n) is 2.24. The van der Waals surface area contributed by atoms with Crippen LogP contribution in [0.1, 0.15) is 25.5 Å². The summed E-state index contributed by atoms with van der Waals surface area (Å²) in [4.78, 5) is 4.12. The van der Waals surface area contributed by atoms with E-state index in [4.69, 9.17) is 9.47 Å². The zero-order chi connectivity index (χ0) is 12.3. The number of rotatable bonds is 9. The minimum absolute atomic E-state index is 0.280. The molecule has 0 aliphatic rings. The van der Waals surface area contributed by atoms with Gasteiger partial charge in [-0.15, -0.1) is 0 Å². The molecule has 1 atom stereocenters. The number of hydrogen-bond donors (Lipinski definition) is 1. The van der Waals surface area contributed by atoms with Crippen molar-refractivity contribution >= 4 is 0 Å². The van der Waals surface area contributed by atoms with Crippen molar-refractivity contribution in [3.05, 3.63) is 30.1 Å². The van der Waals surface area contributed by atoms with E-state index in [1.807, 2.05) is 18.2 Å². The number of pyridine rings is 1. The van der Waals surface area contributed by atoms with Gasteiger partial charge in [-0.3, -0.25) is 4.98 Å². The Morgan fingerprint density at radius 3 is 2.82 bits per heavy atom. The highest BCUT2D eigenvalue weighted by molar-refractivity contribution is 5.01. The molecule has 4 heteroatoms. The first-order valence-corrected chi connectivity index (χ1v) is 6.06. The van der Waals surface area contributed by atoms with Crippen molar-refractivity contribution < 1.29 is 14.6 Å². The molecule has 0 spiro atoms. The van der Waals surface area contributed by atoms with Gasteiger partial charge in [0.15, 0.2) is 0 Å². The SMILES string of the molecule is CCCCOCC(O)COCc1ccccn1. The first kappa shape index (κ1) is 14.1. The van der Waals surface area contributed by atoms with Crippen LogP contribution < -0.4 is 0 Å². The molecule has 1 rings (SSSR count). The number of nitrogens with zero attached hydrogens (tertiary/aromatic N) is 1. The fourth-order valence-electron chi connectivity index (χ4n) is 1.30. The van der Waals surface area contributed by atoms with Crippen LogP contribution in [0, 0.1) is 0 Å². The van der Waals surface area contributed by atoms with E-state index in [-0.39, 0.29) is 6.61 Å². The van der Waals surface area contributed by atoms with Crippen LogP contribution in [0.4, 0.5) is 0 Å². The molecule has 0 saturated carbocycles. The maximum absolute atomic E-state index is 9.56. The summed E-state index contributed by atoms with van der Waals surface area (Å²) in [7, 11) is 0. The second-order valence-electron chi connectivity index (χ2n) is 3.92. The molecule has 0 aliphatic heterocycles. The number of ether oxygens (including phenoxy) is 2. The number of aliphatic hydroxyl groups excluding tert-OH is 1. The molecule has 1 unspecified atom stereocenters. The molecule has 1 N–H and O–H groups in total. The fourth-order valence-corrected chi connectivity index (χ4v) is 1.30. The predicted octanol–water partition coefficient (Wildman–Crippen LogP) is 1.78. The Labute approximate surface area is 103 Å². The van der Waals surface area contributed by atoms with E-state index in [9.17, 15) is 5.11 Å². The van der Waals surface area contributed by atoms with Gasteiger partial charge in [-0.25, -0.2) is 0 Å².